The van der Waals surface area contributed by atoms with Gasteiger partial charge in [0.05, 0.1) is 14.2 Å². The van der Waals surface area contributed by atoms with Gasteiger partial charge in [-0.1, -0.05) is 17.4 Å². The molecule has 0 saturated carbocycles. The fraction of sp³-hybridized carbons (Fsp3) is 0.167. The van der Waals surface area contributed by atoms with Crippen molar-refractivity contribution in [2.24, 2.45) is 0 Å². The smallest absolute Gasteiger partial charge is 0.257 e. The minimum absolute atomic E-state index is 0.350. The number of halogens is 1. The second-order valence-electron chi connectivity index (χ2n) is 5.33. The predicted molar refractivity (Wildman–Crippen MR) is 96.6 cm³/mol. The lowest BCUT2D eigenvalue weighted by Gasteiger charge is -2.08. The summed E-state index contributed by atoms with van der Waals surface area (Å²) >= 11 is 1.28. The highest BCUT2D eigenvalue weighted by Crippen LogP contribution is 2.29. The summed E-state index contributed by atoms with van der Waals surface area (Å²) in [5, 5.41) is 11.9. The zero-order chi connectivity index (χ0) is 18.5. The molecule has 3 rings (SSSR count). The van der Waals surface area contributed by atoms with Crippen LogP contribution >= 0.6 is 11.3 Å². The van der Waals surface area contributed by atoms with Crippen LogP contribution in [0.3, 0.4) is 0 Å². The van der Waals surface area contributed by atoms with Crippen LogP contribution in [0.15, 0.2) is 42.5 Å². The molecule has 0 aliphatic rings. The first-order valence-electron chi connectivity index (χ1n) is 7.69. The number of carbonyl (C=O) groups excluding carboxylic acids is 1. The van der Waals surface area contributed by atoms with Crippen molar-refractivity contribution in [3.05, 3.63) is 64.4 Å². The minimum Gasteiger partial charge on any atom is -0.493 e. The molecule has 1 heterocycles. The van der Waals surface area contributed by atoms with E-state index in [1.165, 1.54) is 35.6 Å². The normalized spacial score (nSPS) is 10.4. The van der Waals surface area contributed by atoms with Crippen molar-refractivity contribution in [1.82, 2.24) is 10.2 Å². The van der Waals surface area contributed by atoms with Crippen molar-refractivity contribution in [3.63, 3.8) is 0 Å². The number of rotatable bonds is 6. The molecule has 134 valence electrons. The first kappa shape index (κ1) is 17.8. The molecule has 0 spiro atoms. The third kappa shape index (κ3) is 4.15. The Labute approximate surface area is 153 Å². The number of methoxy groups -OCH3 is 2. The van der Waals surface area contributed by atoms with Gasteiger partial charge in [-0.25, -0.2) is 4.39 Å². The van der Waals surface area contributed by atoms with Crippen molar-refractivity contribution in [2.45, 2.75) is 6.42 Å². The number of nitrogens with one attached hydrogen (secondary N) is 1. The van der Waals surface area contributed by atoms with Gasteiger partial charge in [0, 0.05) is 12.0 Å². The van der Waals surface area contributed by atoms with Crippen LogP contribution in [-0.2, 0) is 6.42 Å². The number of ether oxygens (including phenoxy) is 2. The number of benzene rings is 2. The van der Waals surface area contributed by atoms with Crippen LogP contribution in [0, 0.1) is 5.82 Å². The lowest BCUT2D eigenvalue weighted by molar-refractivity contribution is 0.102. The molecule has 0 bridgehead atoms. The molecule has 1 amide bonds. The van der Waals surface area contributed by atoms with Crippen LogP contribution < -0.4 is 14.8 Å². The largest absolute Gasteiger partial charge is 0.493 e. The van der Waals surface area contributed by atoms with E-state index < -0.39 is 5.82 Å². The quantitative estimate of drug-likeness (QED) is 0.715. The third-order valence-electron chi connectivity index (χ3n) is 3.60. The molecule has 0 saturated heterocycles. The summed E-state index contributed by atoms with van der Waals surface area (Å²) in [6, 6.07) is 10.9. The maximum Gasteiger partial charge on any atom is 0.257 e. The van der Waals surface area contributed by atoms with E-state index in [2.05, 4.69) is 15.5 Å². The fourth-order valence-corrected chi connectivity index (χ4v) is 3.08. The maximum absolute atomic E-state index is 12.9. The summed E-state index contributed by atoms with van der Waals surface area (Å²) in [5.74, 6) is 0.536. The first-order valence-corrected chi connectivity index (χ1v) is 8.51. The lowest BCUT2D eigenvalue weighted by Crippen LogP contribution is -2.11. The summed E-state index contributed by atoms with van der Waals surface area (Å²) < 4.78 is 23.4. The topological polar surface area (TPSA) is 73.3 Å². The Hall–Kier alpha value is -3.00. The average molecular weight is 373 g/mol. The highest BCUT2D eigenvalue weighted by Gasteiger charge is 2.12. The molecule has 6 nitrogen and oxygen atoms in total. The van der Waals surface area contributed by atoms with Gasteiger partial charge in [0.15, 0.2) is 11.5 Å². The van der Waals surface area contributed by atoms with E-state index in [0.29, 0.717) is 28.6 Å². The Bertz CT molecular complexity index is 912. The number of amides is 1. The summed E-state index contributed by atoms with van der Waals surface area (Å²) in [4.78, 5) is 12.1. The molecule has 0 fully saturated rings. The van der Waals surface area contributed by atoms with Gasteiger partial charge in [0.25, 0.3) is 5.91 Å². The Morgan fingerprint density at radius 2 is 1.81 bits per heavy atom. The van der Waals surface area contributed by atoms with Crippen LogP contribution in [0.4, 0.5) is 9.52 Å². The van der Waals surface area contributed by atoms with Crippen LogP contribution in [-0.4, -0.2) is 30.3 Å². The second kappa shape index (κ2) is 7.92. The SMILES string of the molecule is COc1ccc(Cc2nnc(NC(=O)c3ccc(F)cc3)s2)cc1OC. The van der Waals surface area contributed by atoms with E-state index >= 15 is 0 Å². The molecule has 1 N–H and O–H groups in total. The third-order valence-corrected chi connectivity index (χ3v) is 4.44. The molecular weight excluding hydrogens is 357 g/mol. The van der Waals surface area contributed by atoms with Crippen LogP contribution in [0.5, 0.6) is 11.5 Å². The Morgan fingerprint density at radius 3 is 2.50 bits per heavy atom. The molecule has 0 radical (unpaired) electrons. The lowest BCUT2D eigenvalue weighted by atomic mass is 10.1. The molecule has 0 unspecified atom stereocenters. The van der Waals surface area contributed by atoms with Gasteiger partial charge in [-0.3, -0.25) is 10.1 Å². The standard InChI is InChI=1S/C18H16FN3O3S/c1-24-14-8-3-11(9-15(14)25-2)10-16-21-22-18(26-16)20-17(23)12-4-6-13(19)7-5-12/h3-9H,10H2,1-2H3,(H,20,22,23). The van der Waals surface area contributed by atoms with Gasteiger partial charge in [-0.05, 0) is 42.0 Å². The highest BCUT2D eigenvalue weighted by molar-refractivity contribution is 7.15. The van der Waals surface area contributed by atoms with Gasteiger partial charge < -0.3 is 9.47 Å². The number of aromatic nitrogens is 2. The molecule has 0 aliphatic heterocycles. The minimum atomic E-state index is -0.394. The number of anilines is 1. The van der Waals surface area contributed by atoms with E-state index in [-0.39, 0.29) is 5.91 Å². The number of carbonyl (C=O) groups is 1. The molecule has 0 aliphatic carbocycles. The Balaban J connectivity index is 1.68. The fourth-order valence-electron chi connectivity index (χ4n) is 2.31. The number of hydrogen-bond acceptors (Lipinski definition) is 6. The van der Waals surface area contributed by atoms with Gasteiger partial charge in [0.1, 0.15) is 10.8 Å². The van der Waals surface area contributed by atoms with E-state index in [9.17, 15) is 9.18 Å². The second-order valence-corrected chi connectivity index (χ2v) is 6.39. The number of nitrogens with zero attached hydrogens (tertiary/aromatic N) is 2. The monoisotopic (exact) mass is 373 g/mol. The predicted octanol–water partition coefficient (Wildman–Crippen LogP) is 3.54. The Morgan fingerprint density at radius 1 is 1.08 bits per heavy atom. The summed E-state index contributed by atoms with van der Waals surface area (Å²) in [6.45, 7) is 0. The molecule has 3 aromatic rings. The van der Waals surface area contributed by atoms with E-state index in [1.54, 1.807) is 14.2 Å². The Kier molecular flexibility index (Phi) is 5.43. The molecule has 8 heteroatoms. The van der Waals surface area contributed by atoms with E-state index in [4.69, 9.17) is 9.47 Å². The van der Waals surface area contributed by atoms with Gasteiger partial charge in [0.2, 0.25) is 5.13 Å². The van der Waals surface area contributed by atoms with Crippen LogP contribution in [0.1, 0.15) is 20.9 Å². The molecule has 26 heavy (non-hydrogen) atoms. The van der Waals surface area contributed by atoms with E-state index in [0.717, 1.165) is 10.6 Å². The van der Waals surface area contributed by atoms with Crippen molar-refractivity contribution in [1.29, 1.82) is 0 Å². The summed E-state index contributed by atoms with van der Waals surface area (Å²) in [6.07, 6.45) is 0.546. The molecule has 0 atom stereocenters. The van der Waals surface area contributed by atoms with Gasteiger partial charge in [-0.2, -0.15) is 0 Å². The average Bonchev–Trinajstić information content (AvgIpc) is 3.08. The van der Waals surface area contributed by atoms with Gasteiger partial charge in [-0.15, -0.1) is 10.2 Å². The van der Waals surface area contributed by atoms with Crippen molar-refractivity contribution in [3.8, 4) is 11.5 Å². The molecule has 2 aromatic carbocycles. The van der Waals surface area contributed by atoms with Crippen LogP contribution in [0.25, 0.3) is 0 Å². The molecular formula is C18H16FN3O3S. The zero-order valence-electron chi connectivity index (χ0n) is 14.2. The number of hydrogen-bond donors (Lipinski definition) is 1. The van der Waals surface area contributed by atoms with Crippen molar-refractivity contribution in [2.75, 3.05) is 19.5 Å². The first-order chi connectivity index (χ1) is 12.6. The van der Waals surface area contributed by atoms with E-state index in [1.807, 2.05) is 18.2 Å². The van der Waals surface area contributed by atoms with Crippen molar-refractivity contribution < 1.29 is 18.7 Å². The zero-order valence-corrected chi connectivity index (χ0v) is 15.0. The molecule has 1 aromatic heterocycles. The summed E-state index contributed by atoms with van der Waals surface area (Å²) in [7, 11) is 3.16. The van der Waals surface area contributed by atoms with Crippen molar-refractivity contribution >= 4 is 22.4 Å². The highest BCUT2D eigenvalue weighted by atomic mass is 32.1. The maximum atomic E-state index is 12.9. The summed E-state index contributed by atoms with van der Waals surface area (Å²) in [5.41, 5.74) is 1.33. The van der Waals surface area contributed by atoms with Gasteiger partial charge >= 0.3 is 0 Å². The van der Waals surface area contributed by atoms with Crippen LogP contribution in [0.2, 0.25) is 0 Å².